The number of hydrazine groups is 1. The van der Waals surface area contributed by atoms with Gasteiger partial charge < -0.3 is 18.9 Å². The molecule has 2 amide bonds. The van der Waals surface area contributed by atoms with Crippen LogP contribution in [0.5, 0.6) is 23.0 Å². The summed E-state index contributed by atoms with van der Waals surface area (Å²) in [5, 5.41) is 8.74. The van der Waals surface area contributed by atoms with Crippen molar-refractivity contribution in [3.05, 3.63) is 47.5 Å². The molecule has 1 aliphatic heterocycles. The number of hydrogen-bond donors (Lipinski definition) is 2. The zero-order valence-corrected chi connectivity index (χ0v) is 15.0. The van der Waals surface area contributed by atoms with E-state index >= 15 is 0 Å². The highest BCUT2D eigenvalue weighted by Crippen LogP contribution is 2.40. The summed E-state index contributed by atoms with van der Waals surface area (Å²) in [5.74, 6) is 0.510. The first-order valence-corrected chi connectivity index (χ1v) is 8.30. The van der Waals surface area contributed by atoms with Gasteiger partial charge in [-0.05, 0) is 36.4 Å². The van der Waals surface area contributed by atoms with Crippen LogP contribution in [0.2, 0.25) is 0 Å². The number of amides is 2. The topological polar surface area (TPSA) is 119 Å². The molecule has 0 spiro atoms. The molecule has 9 heteroatoms. The van der Waals surface area contributed by atoms with E-state index in [0.29, 0.717) is 41.8 Å². The normalized spacial score (nSPS) is 11.7. The van der Waals surface area contributed by atoms with Crippen LogP contribution < -0.4 is 29.8 Å². The van der Waals surface area contributed by atoms with Crippen LogP contribution in [0.15, 0.2) is 36.4 Å². The van der Waals surface area contributed by atoms with E-state index in [9.17, 15) is 9.59 Å². The molecule has 144 valence electrons. The number of ether oxygens (including phenoxy) is 4. The smallest absolute Gasteiger partial charge is 0.276 e. The predicted octanol–water partition coefficient (Wildman–Crippen LogP) is 1.18. The Hall–Kier alpha value is -3.93. The summed E-state index contributed by atoms with van der Waals surface area (Å²) in [6.45, 7) is 0.450. The predicted molar refractivity (Wildman–Crippen MR) is 96.2 cm³/mol. The summed E-state index contributed by atoms with van der Waals surface area (Å²) < 4.78 is 21.5. The van der Waals surface area contributed by atoms with Gasteiger partial charge in [0.2, 0.25) is 5.75 Å². The largest absolute Gasteiger partial charge is 0.493 e. The molecule has 0 radical (unpaired) electrons. The van der Waals surface area contributed by atoms with Crippen LogP contribution in [0, 0.1) is 11.3 Å². The molecule has 28 heavy (non-hydrogen) atoms. The average Bonchev–Trinajstić information content (AvgIpc) is 2.75. The van der Waals surface area contributed by atoms with Crippen LogP contribution >= 0.6 is 0 Å². The van der Waals surface area contributed by atoms with Crippen LogP contribution in [0.1, 0.15) is 15.9 Å². The molecule has 1 heterocycles. The second-order valence-electron chi connectivity index (χ2n) is 5.63. The molecule has 9 nitrogen and oxygen atoms in total. The Bertz CT molecular complexity index is 903. The lowest BCUT2D eigenvalue weighted by Crippen LogP contribution is -2.43. The first-order chi connectivity index (χ1) is 13.6. The number of carbonyl (C=O) groups excluding carboxylic acids is 2. The van der Waals surface area contributed by atoms with E-state index in [-0.39, 0.29) is 12.2 Å². The lowest BCUT2D eigenvalue weighted by atomic mass is 10.1. The minimum atomic E-state index is -0.554. The Morgan fingerprint density at radius 3 is 2.61 bits per heavy atom. The second kappa shape index (κ2) is 8.64. The van der Waals surface area contributed by atoms with Crippen LogP contribution in [0.3, 0.4) is 0 Å². The summed E-state index contributed by atoms with van der Waals surface area (Å²) in [4.78, 5) is 24.2. The van der Waals surface area contributed by atoms with Crippen molar-refractivity contribution in [3.63, 3.8) is 0 Å². The van der Waals surface area contributed by atoms with Crippen LogP contribution in [-0.2, 0) is 4.79 Å². The molecule has 2 aromatic carbocycles. The van der Waals surface area contributed by atoms with E-state index in [1.54, 1.807) is 24.3 Å². The molecule has 2 aromatic rings. The number of fused-ring (bicyclic) bond motifs is 1. The van der Waals surface area contributed by atoms with Gasteiger partial charge in [-0.1, -0.05) is 0 Å². The highest BCUT2D eigenvalue weighted by molar-refractivity contribution is 5.96. The van der Waals surface area contributed by atoms with E-state index in [0.717, 1.165) is 0 Å². The lowest BCUT2D eigenvalue weighted by molar-refractivity contribution is -0.123. The van der Waals surface area contributed by atoms with Gasteiger partial charge in [0.25, 0.3) is 11.8 Å². The average molecular weight is 383 g/mol. The molecule has 0 bridgehead atoms. The standard InChI is InChI=1S/C19H17N3O6/c1-25-15-8-13(9-16-18(15)27-7-6-26-16)19(24)22-21-17(23)11-28-14-4-2-12(10-20)3-5-14/h2-5,8-9H,6-7,11H2,1H3,(H,21,23)(H,22,24). The first-order valence-electron chi connectivity index (χ1n) is 8.30. The third kappa shape index (κ3) is 4.42. The minimum absolute atomic E-state index is 0.231. The van der Waals surface area contributed by atoms with Gasteiger partial charge >= 0.3 is 0 Å². The van der Waals surface area contributed by atoms with Crippen molar-refractivity contribution < 1.29 is 28.5 Å². The number of benzene rings is 2. The zero-order chi connectivity index (χ0) is 19.9. The van der Waals surface area contributed by atoms with Crippen molar-refractivity contribution in [2.45, 2.75) is 0 Å². The van der Waals surface area contributed by atoms with Gasteiger partial charge in [-0.25, -0.2) is 0 Å². The van der Waals surface area contributed by atoms with Gasteiger partial charge in [0.15, 0.2) is 18.1 Å². The molecule has 0 atom stereocenters. The monoisotopic (exact) mass is 383 g/mol. The summed E-state index contributed by atoms with van der Waals surface area (Å²) in [7, 11) is 1.46. The van der Waals surface area contributed by atoms with E-state index in [4.69, 9.17) is 24.2 Å². The zero-order valence-electron chi connectivity index (χ0n) is 15.0. The molecule has 2 N–H and O–H groups in total. The fourth-order valence-electron chi connectivity index (χ4n) is 2.41. The molecule has 0 aliphatic carbocycles. The number of nitrogens with zero attached hydrogens (tertiary/aromatic N) is 1. The van der Waals surface area contributed by atoms with Crippen molar-refractivity contribution in [1.29, 1.82) is 5.26 Å². The Labute approximate surface area is 160 Å². The van der Waals surface area contributed by atoms with E-state index in [1.807, 2.05) is 6.07 Å². The summed E-state index contributed by atoms with van der Waals surface area (Å²) in [6.07, 6.45) is 0. The van der Waals surface area contributed by atoms with Gasteiger partial charge in [-0.3, -0.25) is 20.4 Å². The Morgan fingerprint density at radius 1 is 1.14 bits per heavy atom. The summed E-state index contributed by atoms with van der Waals surface area (Å²) >= 11 is 0. The first kappa shape index (κ1) is 18.8. The number of nitriles is 1. The summed E-state index contributed by atoms with van der Waals surface area (Å²) in [6, 6.07) is 11.3. The Balaban J connectivity index is 1.54. The highest BCUT2D eigenvalue weighted by atomic mass is 16.6. The van der Waals surface area contributed by atoms with Crippen LogP contribution in [0.25, 0.3) is 0 Å². The number of methoxy groups -OCH3 is 1. The fraction of sp³-hybridized carbons (Fsp3) is 0.211. The maximum atomic E-state index is 12.3. The maximum absolute atomic E-state index is 12.3. The molecular weight excluding hydrogens is 366 g/mol. The van der Waals surface area contributed by atoms with E-state index in [2.05, 4.69) is 10.9 Å². The van der Waals surface area contributed by atoms with Gasteiger partial charge in [0.05, 0.1) is 18.7 Å². The van der Waals surface area contributed by atoms with Gasteiger partial charge in [0.1, 0.15) is 19.0 Å². The molecule has 1 aliphatic rings. The van der Waals surface area contributed by atoms with Gasteiger partial charge in [0, 0.05) is 5.56 Å². The second-order valence-corrected chi connectivity index (χ2v) is 5.63. The molecular formula is C19H17N3O6. The number of hydrogen-bond acceptors (Lipinski definition) is 7. The number of nitrogens with one attached hydrogen (secondary N) is 2. The number of carbonyl (C=O) groups is 2. The van der Waals surface area contributed by atoms with Gasteiger partial charge in [-0.2, -0.15) is 5.26 Å². The van der Waals surface area contributed by atoms with Crippen LogP contribution in [-0.4, -0.2) is 38.7 Å². The Morgan fingerprint density at radius 2 is 1.89 bits per heavy atom. The molecule has 3 rings (SSSR count). The molecule has 0 fully saturated rings. The quantitative estimate of drug-likeness (QED) is 0.744. The third-order valence-electron chi connectivity index (χ3n) is 3.76. The van der Waals surface area contributed by atoms with Crippen LogP contribution in [0.4, 0.5) is 0 Å². The van der Waals surface area contributed by atoms with Crippen molar-refractivity contribution in [1.82, 2.24) is 10.9 Å². The third-order valence-corrected chi connectivity index (χ3v) is 3.76. The number of rotatable bonds is 5. The van der Waals surface area contributed by atoms with Crippen molar-refractivity contribution in [2.75, 3.05) is 26.9 Å². The summed E-state index contributed by atoms with van der Waals surface area (Å²) in [5.41, 5.74) is 5.28. The lowest BCUT2D eigenvalue weighted by Gasteiger charge is -2.21. The van der Waals surface area contributed by atoms with Crippen molar-refractivity contribution in [3.8, 4) is 29.1 Å². The highest BCUT2D eigenvalue weighted by Gasteiger charge is 2.21. The molecule has 0 saturated carbocycles. The van der Waals surface area contributed by atoms with E-state index in [1.165, 1.54) is 19.2 Å². The van der Waals surface area contributed by atoms with E-state index < -0.39 is 11.8 Å². The van der Waals surface area contributed by atoms with Crippen molar-refractivity contribution in [2.24, 2.45) is 0 Å². The maximum Gasteiger partial charge on any atom is 0.276 e. The van der Waals surface area contributed by atoms with Crippen molar-refractivity contribution >= 4 is 11.8 Å². The molecule has 0 aromatic heterocycles. The van der Waals surface area contributed by atoms with Gasteiger partial charge in [-0.15, -0.1) is 0 Å². The molecule has 0 unspecified atom stereocenters. The fourth-order valence-corrected chi connectivity index (χ4v) is 2.41. The molecule has 0 saturated heterocycles. The SMILES string of the molecule is COc1cc(C(=O)NNC(=O)COc2ccc(C#N)cc2)cc2c1OCCO2. The Kier molecular flexibility index (Phi) is 5.81. The minimum Gasteiger partial charge on any atom is -0.493 e.